The average Bonchev–Trinajstić information content (AvgIpc) is 2.98. The van der Waals surface area contributed by atoms with Crippen molar-refractivity contribution in [2.24, 2.45) is 0 Å². The van der Waals surface area contributed by atoms with Crippen molar-refractivity contribution in [3.8, 4) is 0 Å². The van der Waals surface area contributed by atoms with E-state index in [1.54, 1.807) is 36.5 Å². The molecule has 112 valence electrons. The van der Waals surface area contributed by atoms with Gasteiger partial charge in [0.1, 0.15) is 0 Å². The molecule has 3 aromatic rings. The first-order chi connectivity index (χ1) is 10.5. The molecule has 0 aliphatic rings. The van der Waals surface area contributed by atoms with Gasteiger partial charge in [-0.15, -0.1) is 0 Å². The summed E-state index contributed by atoms with van der Waals surface area (Å²) in [5.41, 5.74) is 0.768. The molecular formula is C14H10N2O5S. The van der Waals surface area contributed by atoms with Crippen molar-refractivity contribution in [3.63, 3.8) is 0 Å². The molecule has 8 heteroatoms. The lowest BCUT2D eigenvalue weighted by molar-refractivity contribution is 0.0656. The maximum absolute atomic E-state index is 12.3. The van der Waals surface area contributed by atoms with Crippen LogP contribution in [0, 0.1) is 0 Å². The number of para-hydroxylation sites is 1. The summed E-state index contributed by atoms with van der Waals surface area (Å²) in [4.78, 5) is 14.9. The van der Waals surface area contributed by atoms with Gasteiger partial charge < -0.3 is 9.52 Å². The summed E-state index contributed by atoms with van der Waals surface area (Å²) in [5, 5.41) is 9.07. The van der Waals surface area contributed by atoms with Gasteiger partial charge in [0.05, 0.1) is 11.2 Å². The third-order valence-electron chi connectivity index (χ3n) is 2.93. The Bertz CT molecular complexity index is 957. The normalized spacial score (nSPS) is 11.5. The van der Waals surface area contributed by atoms with E-state index in [1.807, 2.05) is 0 Å². The maximum Gasteiger partial charge on any atom is 0.371 e. The fourth-order valence-corrected chi connectivity index (χ4v) is 2.96. The number of carboxylic acid groups (broad SMARTS) is 1. The van der Waals surface area contributed by atoms with Gasteiger partial charge >= 0.3 is 5.97 Å². The number of hydrogen-bond acceptors (Lipinski definition) is 5. The lowest BCUT2D eigenvalue weighted by Gasteiger charge is -2.08. The number of nitrogens with one attached hydrogen (secondary N) is 1. The van der Waals surface area contributed by atoms with E-state index in [0.29, 0.717) is 5.52 Å². The van der Waals surface area contributed by atoms with Crippen molar-refractivity contribution in [1.29, 1.82) is 0 Å². The highest BCUT2D eigenvalue weighted by molar-refractivity contribution is 7.92. The molecule has 0 radical (unpaired) electrons. The molecule has 22 heavy (non-hydrogen) atoms. The Morgan fingerprint density at radius 3 is 2.64 bits per heavy atom. The van der Waals surface area contributed by atoms with Crippen molar-refractivity contribution < 1.29 is 22.7 Å². The van der Waals surface area contributed by atoms with Gasteiger partial charge in [-0.05, 0) is 24.3 Å². The summed E-state index contributed by atoms with van der Waals surface area (Å²) in [6, 6.07) is 10.8. The largest absolute Gasteiger partial charge is 0.475 e. The number of carbonyl (C=O) groups is 1. The Kier molecular flexibility index (Phi) is 3.30. The van der Waals surface area contributed by atoms with Crippen LogP contribution in [0.15, 0.2) is 58.2 Å². The van der Waals surface area contributed by atoms with Crippen LogP contribution >= 0.6 is 0 Å². The van der Waals surface area contributed by atoms with Gasteiger partial charge in [0.2, 0.25) is 10.9 Å². The minimum Gasteiger partial charge on any atom is -0.475 e. The molecule has 1 aromatic carbocycles. The molecule has 0 atom stereocenters. The Hall–Kier alpha value is -2.87. The van der Waals surface area contributed by atoms with Crippen molar-refractivity contribution in [3.05, 3.63) is 54.4 Å². The molecule has 0 amide bonds. The van der Waals surface area contributed by atoms with Crippen LogP contribution in [0.4, 0.5) is 5.69 Å². The van der Waals surface area contributed by atoms with E-state index in [-0.39, 0.29) is 5.69 Å². The maximum atomic E-state index is 12.3. The van der Waals surface area contributed by atoms with E-state index in [2.05, 4.69) is 9.71 Å². The first-order valence-electron chi connectivity index (χ1n) is 6.17. The summed E-state index contributed by atoms with van der Waals surface area (Å²) in [5.74, 6) is -1.79. The summed E-state index contributed by atoms with van der Waals surface area (Å²) in [6.45, 7) is 0. The van der Waals surface area contributed by atoms with Gasteiger partial charge in [-0.1, -0.05) is 18.2 Å². The summed E-state index contributed by atoms with van der Waals surface area (Å²) < 4.78 is 31.7. The molecule has 0 aliphatic carbocycles. The second-order valence-corrected chi connectivity index (χ2v) is 6.02. The zero-order valence-corrected chi connectivity index (χ0v) is 11.9. The molecule has 2 N–H and O–H groups in total. The zero-order valence-electron chi connectivity index (χ0n) is 11.1. The lowest BCUT2D eigenvalue weighted by atomic mass is 10.2. The number of rotatable bonds is 4. The summed E-state index contributed by atoms with van der Waals surface area (Å²) in [6.07, 6.45) is 1.55. The zero-order chi connectivity index (χ0) is 15.7. The van der Waals surface area contributed by atoms with E-state index < -0.39 is 26.8 Å². The van der Waals surface area contributed by atoms with E-state index in [0.717, 1.165) is 17.5 Å². The van der Waals surface area contributed by atoms with E-state index in [4.69, 9.17) is 9.52 Å². The number of fused-ring (bicyclic) bond motifs is 1. The first-order valence-corrected chi connectivity index (χ1v) is 7.65. The van der Waals surface area contributed by atoms with Crippen molar-refractivity contribution in [2.75, 3.05) is 4.72 Å². The number of carboxylic acids is 1. The quantitative estimate of drug-likeness (QED) is 0.764. The second kappa shape index (κ2) is 5.15. The molecule has 0 saturated carbocycles. The minimum absolute atomic E-state index is 0.284. The molecule has 0 fully saturated rings. The Morgan fingerprint density at radius 1 is 1.14 bits per heavy atom. The highest BCUT2D eigenvalue weighted by atomic mass is 32.2. The average molecular weight is 318 g/mol. The first kappa shape index (κ1) is 14.1. The van der Waals surface area contributed by atoms with Gasteiger partial charge in [-0.2, -0.15) is 8.42 Å². The van der Waals surface area contributed by atoms with Gasteiger partial charge in [0.25, 0.3) is 10.0 Å². The Labute approximate surface area is 125 Å². The van der Waals surface area contributed by atoms with Gasteiger partial charge in [0, 0.05) is 11.6 Å². The van der Waals surface area contributed by atoms with E-state index >= 15 is 0 Å². The number of anilines is 1. The number of nitrogens with zero attached hydrogens (tertiary/aromatic N) is 1. The van der Waals surface area contributed by atoms with Crippen LogP contribution in [0.5, 0.6) is 0 Å². The Balaban J connectivity index is 2.01. The second-order valence-electron chi connectivity index (χ2n) is 4.41. The monoisotopic (exact) mass is 318 g/mol. The number of hydrogen-bond donors (Lipinski definition) is 2. The van der Waals surface area contributed by atoms with Crippen LogP contribution in [0.1, 0.15) is 10.6 Å². The minimum atomic E-state index is -4.04. The fraction of sp³-hybridized carbons (Fsp3) is 0. The van der Waals surface area contributed by atoms with Gasteiger partial charge in [0.15, 0.2) is 0 Å². The number of sulfonamides is 1. The fourth-order valence-electron chi connectivity index (χ4n) is 1.96. The number of pyridine rings is 1. The number of aromatic nitrogens is 1. The number of benzene rings is 1. The SMILES string of the molecule is O=C(O)c1ccc(S(=O)(=O)Nc2cccc3cccnc23)o1. The van der Waals surface area contributed by atoms with Gasteiger partial charge in [-0.25, -0.2) is 4.79 Å². The van der Waals surface area contributed by atoms with Crippen molar-refractivity contribution in [2.45, 2.75) is 5.09 Å². The Morgan fingerprint density at radius 2 is 1.91 bits per heavy atom. The molecule has 0 aliphatic heterocycles. The van der Waals surface area contributed by atoms with Crippen LogP contribution < -0.4 is 4.72 Å². The van der Waals surface area contributed by atoms with Crippen LogP contribution in [0.25, 0.3) is 10.9 Å². The topological polar surface area (TPSA) is 110 Å². The van der Waals surface area contributed by atoms with Crippen LogP contribution in [0.3, 0.4) is 0 Å². The van der Waals surface area contributed by atoms with E-state index in [9.17, 15) is 13.2 Å². The summed E-state index contributed by atoms with van der Waals surface area (Å²) >= 11 is 0. The van der Waals surface area contributed by atoms with Crippen LogP contribution in [-0.4, -0.2) is 24.5 Å². The number of aromatic carboxylic acids is 1. The van der Waals surface area contributed by atoms with Crippen LogP contribution in [0.2, 0.25) is 0 Å². The predicted octanol–water partition coefficient (Wildman–Crippen LogP) is 2.33. The van der Waals surface area contributed by atoms with Crippen molar-refractivity contribution >= 4 is 32.6 Å². The molecule has 2 heterocycles. The molecule has 0 saturated heterocycles. The molecule has 0 bridgehead atoms. The highest BCUT2D eigenvalue weighted by Gasteiger charge is 2.22. The smallest absolute Gasteiger partial charge is 0.371 e. The molecule has 2 aromatic heterocycles. The molecule has 7 nitrogen and oxygen atoms in total. The highest BCUT2D eigenvalue weighted by Crippen LogP contribution is 2.24. The molecular weight excluding hydrogens is 308 g/mol. The van der Waals surface area contributed by atoms with E-state index in [1.165, 1.54) is 0 Å². The lowest BCUT2D eigenvalue weighted by Crippen LogP contribution is -2.12. The van der Waals surface area contributed by atoms with Gasteiger partial charge in [-0.3, -0.25) is 9.71 Å². The number of furan rings is 1. The molecule has 0 unspecified atom stereocenters. The van der Waals surface area contributed by atoms with Crippen molar-refractivity contribution in [1.82, 2.24) is 4.98 Å². The summed E-state index contributed by atoms with van der Waals surface area (Å²) in [7, 11) is -4.04. The third-order valence-corrected chi connectivity index (χ3v) is 4.17. The van der Waals surface area contributed by atoms with Crippen LogP contribution in [-0.2, 0) is 10.0 Å². The molecule has 3 rings (SSSR count). The standard InChI is InChI=1S/C14H10N2O5S/c17-14(18)11-6-7-12(21-11)22(19,20)16-10-5-1-3-9-4-2-8-15-13(9)10/h1-8,16H,(H,17,18). The third kappa shape index (κ3) is 2.51. The molecule has 0 spiro atoms. The predicted molar refractivity (Wildman–Crippen MR) is 78.2 cm³/mol.